The number of hydrogen-bond acceptors (Lipinski definition) is 5. The summed E-state index contributed by atoms with van der Waals surface area (Å²) in [4.78, 5) is 20.6. The summed E-state index contributed by atoms with van der Waals surface area (Å²) < 4.78 is 21.7. The van der Waals surface area contributed by atoms with Crippen LogP contribution in [-0.2, 0) is 16.1 Å². The van der Waals surface area contributed by atoms with Crippen molar-refractivity contribution in [3.05, 3.63) is 47.2 Å². The highest BCUT2D eigenvalue weighted by atomic mass is 35.5. The summed E-state index contributed by atoms with van der Waals surface area (Å²) in [6.45, 7) is 4.17. The maximum absolute atomic E-state index is 14.5. The number of rotatable bonds is 4. The van der Waals surface area contributed by atoms with Gasteiger partial charge in [-0.15, -0.1) is 0 Å². The third-order valence-corrected chi connectivity index (χ3v) is 6.14. The maximum atomic E-state index is 14.5. The molecule has 0 saturated carbocycles. The van der Waals surface area contributed by atoms with E-state index in [9.17, 15) is 9.18 Å². The molecule has 154 valence electrons. The molecule has 1 saturated heterocycles. The number of halogens is 2. The minimum absolute atomic E-state index is 0.0137. The molecule has 2 aliphatic rings. The quantitative estimate of drug-likeness (QED) is 0.762. The second kappa shape index (κ2) is 7.76. The maximum Gasteiger partial charge on any atom is 0.244 e. The van der Waals surface area contributed by atoms with Crippen molar-refractivity contribution < 1.29 is 13.9 Å². The van der Waals surface area contributed by atoms with E-state index in [1.807, 2.05) is 30.2 Å². The van der Waals surface area contributed by atoms with E-state index < -0.39 is 5.60 Å². The number of piperazine rings is 1. The Morgan fingerprint density at radius 3 is 2.79 bits per heavy atom. The Morgan fingerprint density at radius 1 is 1.34 bits per heavy atom. The van der Waals surface area contributed by atoms with E-state index in [2.05, 4.69) is 10.1 Å². The summed E-state index contributed by atoms with van der Waals surface area (Å²) in [6.07, 6.45) is 5.19. The van der Waals surface area contributed by atoms with E-state index in [-0.39, 0.29) is 18.3 Å². The van der Waals surface area contributed by atoms with Crippen LogP contribution in [0.4, 0.5) is 4.39 Å². The largest absolute Gasteiger partial charge is 0.372 e. The van der Waals surface area contributed by atoms with Gasteiger partial charge >= 0.3 is 0 Å². The van der Waals surface area contributed by atoms with Gasteiger partial charge in [-0.2, -0.15) is 5.10 Å². The molecular weight excluding hydrogens is 397 g/mol. The zero-order chi connectivity index (χ0) is 20.6. The van der Waals surface area contributed by atoms with Gasteiger partial charge in [0.1, 0.15) is 18.0 Å². The van der Waals surface area contributed by atoms with Crippen molar-refractivity contribution in [3.63, 3.8) is 0 Å². The Labute approximate surface area is 173 Å². The molecule has 1 unspecified atom stereocenters. The average molecular weight is 420 g/mol. The van der Waals surface area contributed by atoms with Crippen LogP contribution in [-0.4, -0.2) is 69.4 Å². The minimum Gasteiger partial charge on any atom is -0.372 e. The topological polar surface area (TPSA) is 63.5 Å². The van der Waals surface area contributed by atoms with Crippen molar-refractivity contribution in [2.45, 2.75) is 25.5 Å². The van der Waals surface area contributed by atoms with Gasteiger partial charge in [0.15, 0.2) is 5.65 Å². The third kappa shape index (κ3) is 3.86. The molecule has 7 nitrogen and oxygen atoms in total. The average Bonchev–Trinajstić information content (AvgIpc) is 3.13. The van der Waals surface area contributed by atoms with Crippen molar-refractivity contribution in [2.75, 3.05) is 33.3 Å². The predicted molar refractivity (Wildman–Crippen MR) is 108 cm³/mol. The SMILES string of the molecule is COC1(C)CC(N2CCN(C(=O)Cn3cc4cccnc4n3)CC2)=C(F)C=C1Cl. The lowest BCUT2D eigenvalue weighted by atomic mass is 9.93. The summed E-state index contributed by atoms with van der Waals surface area (Å²) in [7, 11) is 1.57. The number of hydrogen-bond donors (Lipinski definition) is 0. The molecule has 0 bridgehead atoms. The van der Waals surface area contributed by atoms with Crippen LogP contribution >= 0.6 is 11.6 Å². The number of allylic oxidation sites excluding steroid dienone is 2. The van der Waals surface area contributed by atoms with E-state index >= 15 is 0 Å². The first-order valence-corrected chi connectivity index (χ1v) is 9.90. The van der Waals surface area contributed by atoms with Crippen molar-refractivity contribution in [1.29, 1.82) is 0 Å². The number of aromatic nitrogens is 3. The Kier molecular flexibility index (Phi) is 5.31. The smallest absolute Gasteiger partial charge is 0.244 e. The minimum atomic E-state index is -0.727. The van der Waals surface area contributed by atoms with Gasteiger partial charge in [0, 0.05) is 57.5 Å². The van der Waals surface area contributed by atoms with Crippen LogP contribution in [0.1, 0.15) is 13.3 Å². The molecule has 2 aromatic heterocycles. The molecule has 9 heteroatoms. The van der Waals surface area contributed by atoms with Crippen LogP contribution in [0.15, 0.2) is 47.2 Å². The second-order valence-corrected chi connectivity index (χ2v) is 7.92. The van der Waals surface area contributed by atoms with Crippen LogP contribution in [0.2, 0.25) is 0 Å². The number of fused-ring (bicyclic) bond motifs is 1. The van der Waals surface area contributed by atoms with Gasteiger partial charge in [0.2, 0.25) is 5.91 Å². The van der Waals surface area contributed by atoms with Crippen molar-refractivity contribution in [3.8, 4) is 0 Å². The summed E-state index contributed by atoms with van der Waals surface area (Å²) in [6, 6.07) is 3.75. The lowest BCUT2D eigenvalue weighted by Crippen LogP contribution is -2.50. The standard InChI is InChI=1S/C20H23ClFN5O2/c1-20(29-2)11-16(15(22)10-17(20)21)25-6-8-26(9-7-25)18(28)13-27-12-14-4-3-5-23-19(14)24-27/h3-5,10,12H,6-9,11,13H2,1-2H3. The summed E-state index contributed by atoms with van der Waals surface area (Å²) >= 11 is 6.17. The Bertz CT molecular complexity index is 963. The Morgan fingerprint density at radius 2 is 2.10 bits per heavy atom. The van der Waals surface area contributed by atoms with E-state index in [0.29, 0.717) is 49.0 Å². The number of nitrogens with zero attached hydrogens (tertiary/aromatic N) is 5. The molecule has 1 aliphatic carbocycles. The zero-order valence-electron chi connectivity index (χ0n) is 16.4. The second-order valence-electron chi connectivity index (χ2n) is 7.51. The van der Waals surface area contributed by atoms with E-state index in [0.717, 1.165) is 5.39 Å². The first-order valence-electron chi connectivity index (χ1n) is 9.52. The zero-order valence-corrected chi connectivity index (χ0v) is 17.2. The Hall–Kier alpha value is -2.45. The van der Waals surface area contributed by atoms with Gasteiger partial charge in [-0.05, 0) is 25.1 Å². The number of amides is 1. The van der Waals surface area contributed by atoms with Crippen molar-refractivity contribution >= 4 is 28.5 Å². The number of methoxy groups -OCH3 is 1. The highest BCUT2D eigenvalue weighted by molar-refractivity contribution is 6.31. The van der Waals surface area contributed by atoms with Gasteiger partial charge in [-0.1, -0.05) is 11.6 Å². The van der Waals surface area contributed by atoms with E-state index in [4.69, 9.17) is 16.3 Å². The fourth-order valence-corrected chi connectivity index (χ4v) is 3.96. The molecule has 4 rings (SSSR count). The predicted octanol–water partition coefficient (Wildman–Crippen LogP) is 2.69. The molecule has 2 aromatic rings. The molecule has 0 radical (unpaired) electrons. The third-order valence-electron chi connectivity index (χ3n) is 5.63. The van der Waals surface area contributed by atoms with Gasteiger partial charge < -0.3 is 14.5 Å². The van der Waals surface area contributed by atoms with Crippen molar-refractivity contribution in [1.82, 2.24) is 24.6 Å². The van der Waals surface area contributed by atoms with Gasteiger partial charge in [-0.3, -0.25) is 9.48 Å². The van der Waals surface area contributed by atoms with Gasteiger partial charge in [-0.25, -0.2) is 9.37 Å². The highest BCUT2D eigenvalue weighted by Gasteiger charge is 2.37. The molecular formula is C20H23ClFN5O2. The number of pyridine rings is 1. The van der Waals surface area contributed by atoms with Gasteiger partial charge in [0.05, 0.1) is 10.7 Å². The first kappa shape index (κ1) is 19.8. The molecule has 0 spiro atoms. The molecule has 3 heterocycles. The fourth-order valence-electron chi connectivity index (χ4n) is 3.72. The molecule has 0 aromatic carbocycles. The molecule has 29 heavy (non-hydrogen) atoms. The number of carbonyl (C=O) groups is 1. The summed E-state index contributed by atoms with van der Waals surface area (Å²) in [5.41, 5.74) is 0.475. The molecule has 1 amide bonds. The molecule has 0 N–H and O–H groups in total. The van der Waals surface area contributed by atoms with E-state index in [1.165, 1.54) is 6.08 Å². The van der Waals surface area contributed by atoms with Gasteiger partial charge in [0.25, 0.3) is 0 Å². The number of ether oxygens (including phenoxy) is 1. The van der Waals surface area contributed by atoms with Crippen LogP contribution in [0.5, 0.6) is 0 Å². The monoisotopic (exact) mass is 419 g/mol. The first-order chi connectivity index (χ1) is 13.9. The number of carbonyl (C=O) groups excluding carboxylic acids is 1. The molecule has 1 fully saturated rings. The lowest BCUT2D eigenvalue weighted by Gasteiger charge is -2.41. The normalized spacial score (nSPS) is 23.0. The van der Waals surface area contributed by atoms with Crippen LogP contribution in [0.3, 0.4) is 0 Å². The highest BCUT2D eigenvalue weighted by Crippen LogP contribution is 2.39. The van der Waals surface area contributed by atoms with Crippen LogP contribution in [0, 0.1) is 0 Å². The lowest BCUT2D eigenvalue weighted by molar-refractivity contribution is -0.133. The van der Waals surface area contributed by atoms with Crippen LogP contribution < -0.4 is 0 Å². The van der Waals surface area contributed by atoms with Crippen molar-refractivity contribution in [2.24, 2.45) is 0 Å². The summed E-state index contributed by atoms with van der Waals surface area (Å²) in [5, 5.41) is 5.59. The van der Waals surface area contributed by atoms with Crippen LogP contribution in [0.25, 0.3) is 11.0 Å². The molecule has 1 atom stereocenters. The fraction of sp³-hybridized carbons (Fsp3) is 0.450. The molecule has 1 aliphatic heterocycles. The van der Waals surface area contributed by atoms with E-state index in [1.54, 1.807) is 22.9 Å². The summed E-state index contributed by atoms with van der Waals surface area (Å²) in [5.74, 6) is -0.347. The Balaban J connectivity index is 1.39.